The molecule has 3 rings (SSSR count). The van der Waals surface area contributed by atoms with Crippen LogP contribution in [0, 0.1) is 5.92 Å². The van der Waals surface area contributed by atoms with E-state index in [0.29, 0.717) is 0 Å². The molecule has 2 saturated carbocycles. The SMILES string of the molecule is O=C(NSc1ccc(C2(CO)CCCC2)cc1)C1CC1. The number of hydrogen-bond acceptors (Lipinski definition) is 3. The van der Waals surface area contributed by atoms with Crippen LogP contribution in [0.15, 0.2) is 29.2 Å². The van der Waals surface area contributed by atoms with Gasteiger partial charge in [0.15, 0.2) is 0 Å². The van der Waals surface area contributed by atoms with Crippen LogP contribution in [-0.4, -0.2) is 17.6 Å². The van der Waals surface area contributed by atoms with Crippen molar-refractivity contribution in [2.24, 2.45) is 5.92 Å². The fourth-order valence-corrected chi connectivity index (χ4v) is 3.66. The predicted octanol–water partition coefficient (Wildman–Crippen LogP) is 3.02. The first-order valence-corrected chi connectivity index (χ1v) is 8.23. The lowest BCUT2D eigenvalue weighted by atomic mass is 9.80. The Bertz CT molecular complexity index is 476. The molecule has 0 heterocycles. The van der Waals surface area contributed by atoms with Gasteiger partial charge in [-0.2, -0.15) is 0 Å². The van der Waals surface area contributed by atoms with E-state index in [-0.39, 0.29) is 23.8 Å². The molecule has 1 aromatic rings. The second-order valence-electron chi connectivity index (χ2n) is 6.01. The van der Waals surface area contributed by atoms with Gasteiger partial charge in [-0.05, 0) is 55.3 Å². The van der Waals surface area contributed by atoms with Gasteiger partial charge in [-0.25, -0.2) is 0 Å². The van der Waals surface area contributed by atoms with E-state index >= 15 is 0 Å². The lowest BCUT2D eigenvalue weighted by Crippen LogP contribution is -2.26. The smallest absolute Gasteiger partial charge is 0.233 e. The third-order valence-corrected chi connectivity index (χ3v) is 5.36. The fourth-order valence-electron chi connectivity index (χ4n) is 3.00. The Hall–Kier alpha value is -1.00. The summed E-state index contributed by atoms with van der Waals surface area (Å²) < 4.78 is 2.90. The number of aliphatic hydroxyl groups excluding tert-OH is 1. The lowest BCUT2D eigenvalue weighted by Gasteiger charge is -2.27. The maximum absolute atomic E-state index is 11.6. The van der Waals surface area contributed by atoms with Gasteiger partial charge in [-0.15, -0.1) is 0 Å². The van der Waals surface area contributed by atoms with Crippen molar-refractivity contribution in [2.45, 2.75) is 48.8 Å². The van der Waals surface area contributed by atoms with E-state index in [9.17, 15) is 9.90 Å². The number of carbonyl (C=O) groups excluding carboxylic acids is 1. The van der Waals surface area contributed by atoms with Crippen molar-refractivity contribution in [3.05, 3.63) is 29.8 Å². The Morgan fingerprint density at radius 3 is 2.45 bits per heavy atom. The van der Waals surface area contributed by atoms with Crippen LogP contribution in [-0.2, 0) is 10.2 Å². The summed E-state index contributed by atoms with van der Waals surface area (Å²) >= 11 is 1.39. The van der Waals surface area contributed by atoms with Crippen LogP contribution in [0.5, 0.6) is 0 Å². The third-order valence-electron chi connectivity index (χ3n) is 4.55. The zero-order valence-corrected chi connectivity index (χ0v) is 12.4. The molecule has 0 spiro atoms. The summed E-state index contributed by atoms with van der Waals surface area (Å²) in [5, 5.41) is 9.72. The van der Waals surface area contributed by atoms with Crippen molar-refractivity contribution in [1.82, 2.24) is 4.72 Å². The van der Waals surface area contributed by atoms with Crippen molar-refractivity contribution < 1.29 is 9.90 Å². The van der Waals surface area contributed by atoms with E-state index < -0.39 is 0 Å². The molecule has 2 N–H and O–H groups in total. The number of rotatable bonds is 5. The molecular formula is C16H21NO2S. The summed E-state index contributed by atoms with van der Waals surface area (Å²) in [6, 6.07) is 8.30. The number of hydrogen-bond donors (Lipinski definition) is 2. The third kappa shape index (κ3) is 2.86. The summed E-state index contributed by atoms with van der Waals surface area (Å²) in [4.78, 5) is 12.6. The molecule has 4 heteroatoms. The number of carbonyl (C=O) groups is 1. The molecule has 2 aliphatic rings. The number of benzene rings is 1. The molecule has 108 valence electrons. The van der Waals surface area contributed by atoms with E-state index in [2.05, 4.69) is 16.9 Å². The summed E-state index contributed by atoms with van der Waals surface area (Å²) in [5.74, 6) is 0.402. The van der Waals surface area contributed by atoms with Crippen LogP contribution in [0.25, 0.3) is 0 Å². The van der Waals surface area contributed by atoms with Crippen molar-refractivity contribution >= 4 is 17.9 Å². The molecule has 1 aromatic carbocycles. The van der Waals surface area contributed by atoms with Gasteiger partial charge in [-0.3, -0.25) is 9.52 Å². The van der Waals surface area contributed by atoms with Crippen molar-refractivity contribution in [3.63, 3.8) is 0 Å². The average molecular weight is 291 g/mol. The highest BCUT2D eigenvalue weighted by Crippen LogP contribution is 2.41. The molecule has 0 bridgehead atoms. The number of aliphatic hydroxyl groups is 1. The molecule has 0 radical (unpaired) electrons. The maximum atomic E-state index is 11.6. The summed E-state index contributed by atoms with van der Waals surface area (Å²) in [6.45, 7) is 0.234. The van der Waals surface area contributed by atoms with E-state index in [0.717, 1.165) is 30.6 Å². The molecule has 3 nitrogen and oxygen atoms in total. The molecule has 0 atom stereocenters. The van der Waals surface area contributed by atoms with Crippen LogP contribution in [0.4, 0.5) is 0 Å². The Kier molecular flexibility index (Phi) is 4.03. The van der Waals surface area contributed by atoms with E-state index in [1.54, 1.807) is 0 Å². The highest BCUT2D eigenvalue weighted by molar-refractivity contribution is 7.98. The van der Waals surface area contributed by atoms with Crippen LogP contribution in [0.2, 0.25) is 0 Å². The molecule has 0 unspecified atom stereocenters. The first kappa shape index (κ1) is 14.0. The minimum Gasteiger partial charge on any atom is -0.395 e. The number of amides is 1. The molecule has 0 aromatic heterocycles. The Morgan fingerprint density at radius 2 is 1.90 bits per heavy atom. The summed E-state index contributed by atoms with van der Waals surface area (Å²) in [6.07, 6.45) is 6.63. The van der Waals surface area contributed by atoms with E-state index in [1.807, 2.05) is 12.1 Å². The minimum atomic E-state index is -0.0273. The lowest BCUT2D eigenvalue weighted by molar-refractivity contribution is -0.120. The van der Waals surface area contributed by atoms with Crippen LogP contribution >= 0.6 is 11.9 Å². The van der Waals surface area contributed by atoms with Gasteiger partial charge in [0.05, 0.1) is 6.61 Å². The summed E-state index contributed by atoms with van der Waals surface area (Å²) in [7, 11) is 0. The van der Waals surface area contributed by atoms with Crippen LogP contribution in [0.3, 0.4) is 0 Å². The number of nitrogens with one attached hydrogen (secondary N) is 1. The van der Waals surface area contributed by atoms with Gasteiger partial charge >= 0.3 is 0 Å². The van der Waals surface area contributed by atoms with Gasteiger partial charge < -0.3 is 5.11 Å². The van der Waals surface area contributed by atoms with Crippen molar-refractivity contribution in [2.75, 3.05) is 6.61 Å². The minimum absolute atomic E-state index is 0.0273. The second-order valence-corrected chi connectivity index (χ2v) is 6.89. The Labute approximate surface area is 124 Å². The van der Waals surface area contributed by atoms with Gasteiger partial charge in [0.2, 0.25) is 5.91 Å². The highest BCUT2D eigenvalue weighted by Gasteiger charge is 2.34. The molecule has 2 fully saturated rings. The molecule has 2 aliphatic carbocycles. The molecule has 20 heavy (non-hydrogen) atoms. The zero-order valence-electron chi connectivity index (χ0n) is 11.6. The quantitative estimate of drug-likeness (QED) is 0.820. The Balaban J connectivity index is 1.63. The first-order valence-electron chi connectivity index (χ1n) is 7.42. The first-order chi connectivity index (χ1) is 9.73. The van der Waals surface area contributed by atoms with Gasteiger partial charge in [-0.1, -0.05) is 25.0 Å². The zero-order chi connectivity index (χ0) is 14.0. The van der Waals surface area contributed by atoms with Gasteiger partial charge in [0.25, 0.3) is 0 Å². The highest BCUT2D eigenvalue weighted by atomic mass is 32.2. The topological polar surface area (TPSA) is 49.3 Å². The maximum Gasteiger partial charge on any atom is 0.233 e. The van der Waals surface area contributed by atoms with Gasteiger partial charge in [0.1, 0.15) is 0 Å². The normalized spacial score (nSPS) is 20.9. The Morgan fingerprint density at radius 1 is 1.25 bits per heavy atom. The average Bonchev–Trinajstić information content (AvgIpc) is 3.23. The molecule has 0 saturated heterocycles. The molecule has 1 amide bonds. The predicted molar refractivity (Wildman–Crippen MR) is 80.4 cm³/mol. The molecular weight excluding hydrogens is 270 g/mol. The van der Waals surface area contributed by atoms with E-state index in [1.165, 1.54) is 30.4 Å². The monoisotopic (exact) mass is 291 g/mol. The second kappa shape index (κ2) is 5.78. The van der Waals surface area contributed by atoms with Gasteiger partial charge in [0, 0.05) is 16.2 Å². The largest absolute Gasteiger partial charge is 0.395 e. The summed E-state index contributed by atoms with van der Waals surface area (Å²) in [5.41, 5.74) is 1.20. The van der Waals surface area contributed by atoms with Crippen LogP contribution in [0.1, 0.15) is 44.1 Å². The van der Waals surface area contributed by atoms with Crippen molar-refractivity contribution in [3.8, 4) is 0 Å². The standard InChI is InChI=1S/C16H21NO2S/c18-11-16(9-1-2-10-16)13-5-7-14(8-6-13)20-17-15(19)12-3-4-12/h5-8,12,18H,1-4,9-11H2,(H,17,19). The van der Waals surface area contributed by atoms with E-state index in [4.69, 9.17) is 0 Å². The van der Waals surface area contributed by atoms with Crippen LogP contribution < -0.4 is 4.72 Å². The fraction of sp³-hybridized carbons (Fsp3) is 0.562. The van der Waals surface area contributed by atoms with Crippen molar-refractivity contribution in [1.29, 1.82) is 0 Å². The molecule has 0 aliphatic heterocycles.